The average Bonchev–Trinajstić information content (AvgIpc) is 2.32. The van der Waals surface area contributed by atoms with Gasteiger partial charge in [-0.1, -0.05) is 0 Å². The van der Waals surface area contributed by atoms with Crippen LogP contribution < -0.4 is 16.4 Å². The number of carboxylic acid groups (broad SMARTS) is 1. The molecule has 0 aliphatic carbocycles. The highest BCUT2D eigenvalue weighted by atomic mass is 16.4. The van der Waals surface area contributed by atoms with Crippen LogP contribution in [0.4, 0.5) is 4.79 Å². The number of amides is 3. The molecule has 0 aromatic rings. The van der Waals surface area contributed by atoms with Crippen LogP contribution in [0.2, 0.25) is 0 Å². The number of carbonyl (C=O) groups is 3. The highest BCUT2D eigenvalue weighted by molar-refractivity contribution is 5.87. The van der Waals surface area contributed by atoms with Crippen LogP contribution in [0.5, 0.6) is 0 Å². The van der Waals surface area contributed by atoms with Crippen molar-refractivity contribution < 1.29 is 19.5 Å². The van der Waals surface area contributed by atoms with Gasteiger partial charge in [0.25, 0.3) is 0 Å². The second kappa shape index (κ2) is 7.09. The van der Waals surface area contributed by atoms with Crippen molar-refractivity contribution >= 4 is 17.9 Å². The fourth-order valence-corrected chi connectivity index (χ4v) is 2.21. The van der Waals surface area contributed by atoms with Crippen LogP contribution in [0.3, 0.4) is 0 Å². The Bertz CT molecular complexity index is 388. The monoisotopic (exact) mass is 286 g/mol. The number of piperidine rings is 1. The van der Waals surface area contributed by atoms with Crippen molar-refractivity contribution in [3.05, 3.63) is 0 Å². The van der Waals surface area contributed by atoms with Crippen LogP contribution in [0, 0.1) is 0 Å². The predicted octanol–water partition coefficient (Wildman–Crippen LogP) is -0.903. The zero-order valence-corrected chi connectivity index (χ0v) is 11.8. The van der Waals surface area contributed by atoms with E-state index >= 15 is 0 Å². The number of hydrogen-bond donors (Lipinski definition) is 4. The molecule has 8 nitrogen and oxygen atoms in total. The molecular formula is C12H22N4O4. The van der Waals surface area contributed by atoms with Crippen molar-refractivity contribution in [2.45, 2.75) is 44.3 Å². The molecule has 0 aromatic carbocycles. The summed E-state index contributed by atoms with van der Waals surface area (Å²) in [7, 11) is 2.02. The smallest absolute Gasteiger partial charge is 0.326 e. The largest absolute Gasteiger partial charge is 0.480 e. The minimum atomic E-state index is -1.30. The first-order chi connectivity index (χ1) is 9.29. The molecule has 1 saturated heterocycles. The molecule has 1 fully saturated rings. The fraction of sp³-hybridized carbons (Fsp3) is 0.750. The lowest BCUT2D eigenvalue weighted by molar-refractivity contribution is -0.140. The maximum absolute atomic E-state index is 11.7. The van der Waals surface area contributed by atoms with Crippen molar-refractivity contribution in [1.29, 1.82) is 0 Å². The Labute approximate surface area is 117 Å². The number of nitrogens with zero attached hydrogens (tertiary/aromatic N) is 1. The molecule has 114 valence electrons. The number of nitrogens with one attached hydrogen (secondary N) is 2. The maximum atomic E-state index is 11.7. The Hall–Kier alpha value is -1.83. The lowest BCUT2D eigenvalue weighted by Crippen LogP contribution is -2.53. The topological polar surface area (TPSA) is 125 Å². The van der Waals surface area contributed by atoms with E-state index in [0.29, 0.717) is 6.04 Å². The summed E-state index contributed by atoms with van der Waals surface area (Å²) in [5.74, 6) is -2.05. The highest BCUT2D eigenvalue weighted by Gasteiger charge is 2.26. The number of rotatable bonds is 5. The Morgan fingerprint density at radius 2 is 2.10 bits per heavy atom. The maximum Gasteiger partial charge on any atom is 0.326 e. The molecule has 3 atom stereocenters. The van der Waals surface area contributed by atoms with Gasteiger partial charge in [0.15, 0.2) is 0 Å². The SMILES string of the molecule is CC1CC(NC(=O)N[C@H](CC(N)=O)C(=O)O)CCN1C. The summed E-state index contributed by atoms with van der Waals surface area (Å²) in [6.45, 7) is 2.94. The molecule has 20 heavy (non-hydrogen) atoms. The molecule has 1 rings (SSSR count). The summed E-state index contributed by atoms with van der Waals surface area (Å²) in [5.41, 5.74) is 4.95. The highest BCUT2D eigenvalue weighted by Crippen LogP contribution is 2.15. The molecule has 3 amide bonds. The number of carboxylic acids is 1. The number of hydrogen-bond acceptors (Lipinski definition) is 4. The third kappa shape index (κ3) is 5.04. The molecule has 1 aliphatic rings. The molecule has 8 heteroatoms. The van der Waals surface area contributed by atoms with Gasteiger partial charge in [-0.05, 0) is 26.8 Å². The molecule has 0 aromatic heterocycles. The van der Waals surface area contributed by atoms with Crippen molar-refractivity contribution in [1.82, 2.24) is 15.5 Å². The fourth-order valence-electron chi connectivity index (χ4n) is 2.21. The molecule has 0 radical (unpaired) electrons. The first-order valence-electron chi connectivity index (χ1n) is 6.58. The lowest BCUT2D eigenvalue weighted by atomic mass is 9.99. The zero-order valence-electron chi connectivity index (χ0n) is 11.8. The molecule has 0 bridgehead atoms. The van der Waals surface area contributed by atoms with Gasteiger partial charge < -0.3 is 26.4 Å². The van der Waals surface area contributed by atoms with Gasteiger partial charge in [0.05, 0.1) is 6.42 Å². The summed E-state index contributed by atoms with van der Waals surface area (Å²) in [5, 5.41) is 13.9. The van der Waals surface area contributed by atoms with Gasteiger partial charge in [-0.15, -0.1) is 0 Å². The predicted molar refractivity (Wildman–Crippen MR) is 72.0 cm³/mol. The third-order valence-corrected chi connectivity index (χ3v) is 3.55. The van der Waals surface area contributed by atoms with Crippen LogP contribution in [0.1, 0.15) is 26.2 Å². The summed E-state index contributed by atoms with van der Waals surface area (Å²) >= 11 is 0. The van der Waals surface area contributed by atoms with Gasteiger partial charge in [0.1, 0.15) is 6.04 Å². The van der Waals surface area contributed by atoms with Crippen LogP contribution in [-0.4, -0.2) is 59.6 Å². The Balaban J connectivity index is 2.45. The molecule has 1 aliphatic heterocycles. The lowest BCUT2D eigenvalue weighted by Gasteiger charge is -2.35. The Morgan fingerprint density at radius 1 is 1.45 bits per heavy atom. The van der Waals surface area contributed by atoms with Gasteiger partial charge in [0.2, 0.25) is 5.91 Å². The van der Waals surface area contributed by atoms with E-state index in [1.807, 2.05) is 7.05 Å². The second-order valence-corrected chi connectivity index (χ2v) is 5.23. The standard InChI is InChI=1S/C12H22N4O4/c1-7-5-8(3-4-16(7)2)14-12(20)15-9(11(18)19)6-10(13)17/h7-9H,3-6H2,1-2H3,(H2,13,17)(H,18,19)(H2,14,15,20)/t7?,8?,9-/m1/s1. The van der Waals surface area contributed by atoms with E-state index in [1.54, 1.807) is 0 Å². The van der Waals surface area contributed by atoms with Gasteiger partial charge in [0, 0.05) is 18.6 Å². The van der Waals surface area contributed by atoms with Crippen molar-refractivity contribution in [3.63, 3.8) is 0 Å². The van der Waals surface area contributed by atoms with Crippen molar-refractivity contribution in [2.24, 2.45) is 5.73 Å². The molecule has 2 unspecified atom stereocenters. The van der Waals surface area contributed by atoms with E-state index < -0.39 is 30.4 Å². The molecule has 5 N–H and O–H groups in total. The Morgan fingerprint density at radius 3 is 2.60 bits per heavy atom. The van der Waals surface area contributed by atoms with E-state index in [-0.39, 0.29) is 6.04 Å². The van der Waals surface area contributed by atoms with Gasteiger partial charge in [-0.3, -0.25) is 4.79 Å². The van der Waals surface area contributed by atoms with E-state index in [0.717, 1.165) is 19.4 Å². The van der Waals surface area contributed by atoms with Gasteiger partial charge >= 0.3 is 12.0 Å². The van der Waals surface area contributed by atoms with E-state index in [9.17, 15) is 14.4 Å². The van der Waals surface area contributed by atoms with Crippen LogP contribution in [0.25, 0.3) is 0 Å². The summed E-state index contributed by atoms with van der Waals surface area (Å²) in [6.07, 6.45) is 1.19. The minimum absolute atomic E-state index is 0.00391. The molecular weight excluding hydrogens is 264 g/mol. The van der Waals surface area contributed by atoms with Crippen LogP contribution in [0.15, 0.2) is 0 Å². The van der Waals surface area contributed by atoms with Gasteiger partial charge in [-0.25, -0.2) is 9.59 Å². The quantitative estimate of drug-likeness (QED) is 0.521. The summed E-state index contributed by atoms with van der Waals surface area (Å²) < 4.78 is 0. The average molecular weight is 286 g/mol. The first-order valence-corrected chi connectivity index (χ1v) is 6.58. The molecule has 0 spiro atoms. The summed E-state index contributed by atoms with van der Waals surface area (Å²) in [6, 6.07) is -1.52. The second-order valence-electron chi connectivity index (χ2n) is 5.23. The minimum Gasteiger partial charge on any atom is -0.480 e. The number of urea groups is 1. The number of nitrogens with two attached hydrogens (primary N) is 1. The third-order valence-electron chi connectivity index (χ3n) is 3.55. The van der Waals surface area contributed by atoms with Gasteiger partial charge in [-0.2, -0.15) is 0 Å². The normalized spacial score (nSPS) is 24.7. The van der Waals surface area contributed by atoms with Crippen LogP contribution >= 0.6 is 0 Å². The summed E-state index contributed by atoms with van der Waals surface area (Å²) in [4.78, 5) is 35.6. The van der Waals surface area contributed by atoms with E-state index in [4.69, 9.17) is 10.8 Å². The van der Waals surface area contributed by atoms with Crippen LogP contribution in [-0.2, 0) is 9.59 Å². The number of carbonyl (C=O) groups excluding carboxylic acids is 2. The number of likely N-dealkylation sites (tertiary alicyclic amines) is 1. The first kappa shape index (κ1) is 16.2. The van der Waals surface area contributed by atoms with Crippen molar-refractivity contribution in [2.75, 3.05) is 13.6 Å². The van der Waals surface area contributed by atoms with E-state index in [1.165, 1.54) is 0 Å². The Kier molecular flexibility index (Phi) is 5.75. The number of aliphatic carboxylic acids is 1. The van der Waals surface area contributed by atoms with E-state index in [2.05, 4.69) is 22.5 Å². The van der Waals surface area contributed by atoms with Crippen molar-refractivity contribution in [3.8, 4) is 0 Å². The molecule has 1 heterocycles. The number of primary amides is 1. The molecule has 0 saturated carbocycles. The zero-order chi connectivity index (χ0) is 15.3.